The molecule has 3 N–H and O–H groups in total. The lowest BCUT2D eigenvalue weighted by Gasteiger charge is -2.21. The van der Waals surface area contributed by atoms with E-state index in [1.165, 1.54) is 19.2 Å². The average molecular weight is 363 g/mol. The van der Waals surface area contributed by atoms with Gasteiger partial charge in [-0.15, -0.1) is 0 Å². The molecule has 0 saturated carbocycles. The lowest BCUT2D eigenvalue weighted by molar-refractivity contribution is -0.121. The highest BCUT2D eigenvalue weighted by Gasteiger charge is 2.26. The highest BCUT2D eigenvalue weighted by atomic mass is 32.2. The predicted molar refractivity (Wildman–Crippen MR) is 94.2 cm³/mol. The summed E-state index contributed by atoms with van der Waals surface area (Å²) in [7, 11) is -2.34. The van der Waals surface area contributed by atoms with Crippen LogP contribution >= 0.6 is 0 Å². The van der Waals surface area contributed by atoms with Crippen LogP contribution in [0, 0.1) is 0 Å². The summed E-state index contributed by atoms with van der Waals surface area (Å²) in [6.45, 7) is -0.191. The molecule has 0 fully saturated rings. The van der Waals surface area contributed by atoms with Gasteiger partial charge in [0.15, 0.2) is 0 Å². The van der Waals surface area contributed by atoms with E-state index >= 15 is 0 Å². The third-order valence-electron chi connectivity index (χ3n) is 3.67. The summed E-state index contributed by atoms with van der Waals surface area (Å²) in [5, 5.41) is 0. The van der Waals surface area contributed by atoms with Crippen molar-refractivity contribution in [1.82, 2.24) is 9.73 Å². The van der Waals surface area contributed by atoms with Gasteiger partial charge in [0.25, 0.3) is 0 Å². The number of benzene rings is 2. The monoisotopic (exact) mass is 363 g/mol. The number of amides is 1. The number of carbonyl (C=O) groups excluding carboxylic acids is 1. The molecule has 0 atom stereocenters. The first-order valence-corrected chi connectivity index (χ1v) is 9.09. The normalized spacial score (nSPS) is 11.3. The Morgan fingerprint density at radius 2 is 1.76 bits per heavy atom. The molecule has 0 aliphatic rings. The van der Waals surface area contributed by atoms with Gasteiger partial charge >= 0.3 is 0 Å². The summed E-state index contributed by atoms with van der Waals surface area (Å²) < 4.78 is 31.9. The van der Waals surface area contributed by atoms with Crippen molar-refractivity contribution >= 4 is 15.9 Å². The van der Waals surface area contributed by atoms with E-state index in [1.807, 2.05) is 35.8 Å². The van der Waals surface area contributed by atoms with Crippen LogP contribution in [0.1, 0.15) is 5.56 Å². The van der Waals surface area contributed by atoms with E-state index in [0.717, 1.165) is 9.87 Å². The number of carbonyl (C=O) groups is 1. The molecule has 0 aliphatic carbocycles. The highest BCUT2D eigenvalue weighted by molar-refractivity contribution is 7.89. The fourth-order valence-corrected chi connectivity index (χ4v) is 3.68. The number of ether oxygens (including phenoxy) is 1. The molecule has 0 aliphatic heterocycles. The van der Waals surface area contributed by atoms with Gasteiger partial charge in [-0.2, -0.15) is 4.31 Å². The maximum atomic E-state index is 12.9. The quantitative estimate of drug-likeness (QED) is 0.412. The fraction of sp³-hybridized carbons (Fsp3) is 0.235. The van der Waals surface area contributed by atoms with E-state index < -0.39 is 15.9 Å². The molecular formula is C17H21N3O4S. The van der Waals surface area contributed by atoms with Crippen LogP contribution in [0.25, 0.3) is 0 Å². The van der Waals surface area contributed by atoms with Crippen LogP contribution in [-0.4, -0.2) is 38.8 Å². The topological polar surface area (TPSA) is 102 Å². The standard InChI is InChI=1S/C17H21N3O4S/c1-24-15-7-9-16(10-8-15)25(22,23)20(13-17(21)19-18)12-11-14-5-3-2-4-6-14/h2-10H,11-13,18H2,1H3,(H,19,21). The van der Waals surface area contributed by atoms with E-state index in [0.29, 0.717) is 12.2 Å². The van der Waals surface area contributed by atoms with Crippen LogP contribution in [-0.2, 0) is 21.2 Å². The number of hydrazine groups is 1. The Balaban J connectivity index is 2.23. The van der Waals surface area contributed by atoms with Crippen LogP contribution in [0.4, 0.5) is 0 Å². The summed E-state index contributed by atoms with van der Waals surface area (Å²) in [5.74, 6) is 5.08. The average Bonchev–Trinajstić information content (AvgIpc) is 2.65. The minimum Gasteiger partial charge on any atom is -0.497 e. The number of hydrogen-bond donors (Lipinski definition) is 2. The summed E-state index contributed by atoms with van der Waals surface area (Å²) in [4.78, 5) is 11.7. The Kier molecular flexibility index (Phi) is 6.51. The van der Waals surface area contributed by atoms with Gasteiger partial charge in [0.2, 0.25) is 15.9 Å². The number of nitrogens with two attached hydrogens (primary N) is 1. The molecular weight excluding hydrogens is 342 g/mol. The van der Waals surface area contributed by atoms with E-state index in [1.54, 1.807) is 12.1 Å². The van der Waals surface area contributed by atoms with Crippen LogP contribution in [0.15, 0.2) is 59.5 Å². The molecule has 25 heavy (non-hydrogen) atoms. The molecule has 1 amide bonds. The molecule has 2 rings (SSSR count). The van der Waals surface area contributed by atoms with Gasteiger partial charge in [-0.05, 0) is 36.2 Å². The zero-order valence-electron chi connectivity index (χ0n) is 13.9. The number of nitrogens with zero attached hydrogens (tertiary/aromatic N) is 1. The van der Waals surface area contributed by atoms with Gasteiger partial charge in [-0.3, -0.25) is 10.2 Å². The highest BCUT2D eigenvalue weighted by Crippen LogP contribution is 2.19. The maximum absolute atomic E-state index is 12.9. The lowest BCUT2D eigenvalue weighted by Crippen LogP contribution is -2.43. The first-order valence-electron chi connectivity index (χ1n) is 7.65. The Labute approximate surface area is 147 Å². The predicted octanol–water partition coefficient (Wildman–Crippen LogP) is 0.919. The number of nitrogens with one attached hydrogen (secondary N) is 1. The molecule has 0 saturated heterocycles. The zero-order chi connectivity index (χ0) is 18.3. The maximum Gasteiger partial charge on any atom is 0.249 e. The van der Waals surface area contributed by atoms with E-state index in [-0.39, 0.29) is 18.0 Å². The van der Waals surface area contributed by atoms with Gasteiger partial charge in [0.05, 0.1) is 18.6 Å². The van der Waals surface area contributed by atoms with Gasteiger partial charge < -0.3 is 4.74 Å². The van der Waals surface area contributed by atoms with Crippen LogP contribution < -0.4 is 16.0 Å². The van der Waals surface area contributed by atoms with Gasteiger partial charge in [0.1, 0.15) is 5.75 Å². The van der Waals surface area contributed by atoms with Gasteiger partial charge in [-0.25, -0.2) is 14.3 Å². The minimum absolute atomic E-state index is 0.0891. The largest absolute Gasteiger partial charge is 0.497 e. The van der Waals surface area contributed by atoms with Crippen molar-refractivity contribution in [1.29, 1.82) is 0 Å². The molecule has 134 valence electrons. The van der Waals surface area contributed by atoms with E-state index in [2.05, 4.69) is 0 Å². The third-order valence-corrected chi connectivity index (χ3v) is 5.53. The number of sulfonamides is 1. The minimum atomic E-state index is -3.84. The SMILES string of the molecule is COc1ccc(S(=O)(=O)N(CCc2ccccc2)CC(=O)NN)cc1. The summed E-state index contributed by atoms with van der Waals surface area (Å²) >= 11 is 0. The van der Waals surface area contributed by atoms with Crippen LogP contribution in [0.5, 0.6) is 5.75 Å². The van der Waals surface area contributed by atoms with Crippen LogP contribution in [0.3, 0.4) is 0 Å². The Morgan fingerprint density at radius 3 is 2.32 bits per heavy atom. The van der Waals surface area contributed by atoms with Crippen molar-refractivity contribution in [2.24, 2.45) is 5.84 Å². The number of methoxy groups -OCH3 is 1. The van der Waals surface area contributed by atoms with E-state index in [4.69, 9.17) is 10.6 Å². The first kappa shape index (κ1) is 18.9. The Hall–Kier alpha value is -2.42. The van der Waals surface area contributed by atoms with Gasteiger partial charge in [0, 0.05) is 6.54 Å². The Bertz CT molecular complexity index is 792. The Morgan fingerprint density at radius 1 is 1.12 bits per heavy atom. The van der Waals surface area contributed by atoms with Crippen molar-refractivity contribution in [3.63, 3.8) is 0 Å². The fourth-order valence-electron chi connectivity index (χ4n) is 2.29. The van der Waals surface area contributed by atoms with Crippen molar-refractivity contribution < 1.29 is 17.9 Å². The van der Waals surface area contributed by atoms with Crippen molar-refractivity contribution in [3.8, 4) is 5.75 Å². The molecule has 0 radical (unpaired) electrons. The van der Waals surface area contributed by atoms with Gasteiger partial charge in [-0.1, -0.05) is 30.3 Å². The van der Waals surface area contributed by atoms with Crippen molar-refractivity contribution in [2.45, 2.75) is 11.3 Å². The molecule has 0 unspecified atom stereocenters. The van der Waals surface area contributed by atoms with Crippen molar-refractivity contribution in [2.75, 3.05) is 20.2 Å². The molecule has 0 heterocycles. The molecule has 2 aromatic carbocycles. The zero-order valence-corrected chi connectivity index (χ0v) is 14.7. The molecule has 2 aromatic rings. The second-order valence-electron chi connectivity index (χ2n) is 5.32. The molecule has 0 aromatic heterocycles. The summed E-state index contributed by atoms with van der Waals surface area (Å²) in [6, 6.07) is 15.5. The molecule has 7 nitrogen and oxygen atoms in total. The third kappa shape index (κ3) is 5.02. The summed E-state index contributed by atoms with van der Waals surface area (Å²) in [5.41, 5.74) is 2.95. The first-order chi connectivity index (χ1) is 12.0. The van der Waals surface area contributed by atoms with E-state index in [9.17, 15) is 13.2 Å². The lowest BCUT2D eigenvalue weighted by atomic mass is 10.1. The molecule has 0 bridgehead atoms. The second kappa shape index (κ2) is 8.61. The number of rotatable bonds is 8. The summed E-state index contributed by atoms with van der Waals surface area (Å²) in [6.07, 6.45) is 0.480. The second-order valence-corrected chi connectivity index (χ2v) is 7.26. The van der Waals surface area contributed by atoms with Crippen molar-refractivity contribution in [3.05, 3.63) is 60.2 Å². The van der Waals surface area contributed by atoms with Crippen LogP contribution in [0.2, 0.25) is 0 Å². The molecule has 0 spiro atoms. The molecule has 8 heteroatoms. The number of hydrogen-bond acceptors (Lipinski definition) is 5. The smallest absolute Gasteiger partial charge is 0.249 e.